The highest BCUT2D eigenvalue weighted by atomic mass is 32.2. The summed E-state index contributed by atoms with van der Waals surface area (Å²) in [7, 11) is 8.96. The lowest BCUT2D eigenvalue weighted by Crippen LogP contribution is -2.14. The Morgan fingerprint density at radius 2 is 1.95 bits per heavy atom. The molecule has 2 aromatic carbocycles. The topological polar surface area (TPSA) is 20.3 Å². The van der Waals surface area contributed by atoms with Crippen LogP contribution in [-0.4, -0.2) is 32.6 Å². The predicted octanol–water partition coefficient (Wildman–Crippen LogP) is 3.12. The zero-order valence-electron chi connectivity index (χ0n) is 11.5. The molecule has 97 valence electrons. The van der Waals surface area contributed by atoms with Crippen molar-refractivity contribution in [2.45, 2.75) is 11.8 Å². The van der Waals surface area contributed by atoms with Crippen LogP contribution < -0.4 is 0 Å². The molecule has 0 saturated heterocycles. The number of hydrogen-bond acceptors (Lipinski definition) is 3. The number of nitrogens with zero attached hydrogens (tertiary/aromatic N) is 1. The fourth-order valence-electron chi connectivity index (χ4n) is 2.02. The number of aryl methyl sites for hydroxylation is 1. The van der Waals surface area contributed by atoms with Crippen LogP contribution in [0.15, 0.2) is 47.4 Å². The second-order valence-electron chi connectivity index (χ2n) is 4.47. The predicted molar refractivity (Wildman–Crippen MR) is 87.1 cm³/mol. The Morgan fingerprint density at radius 3 is 2.60 bits per heavy atom. The van der Waals surface area contributed by atoms with Gasteiger partial charge < -0.3 is 4.22 Å². The van der Waals surface area contributed by atoms with Crippen molar-refractivity contribution in [1.82, 2.24) is 4.22 Å². The van der Waals surface area contributed by atoms with Gasteiger partial charge in [0.1, 0.15) is 6.29 Å². The molecule has 2 aromatic rings. The van der Waals surface area contributed by atoms with E-state index in [-0.39, 0.29) is 0 Å². The first-order chi connectivity index (χ1) is 9.65. The summed E-state index contributed by atoms with van der Waals surface area (Å²) in [4.78, 5) is 12.0. The Kier molecular flexibility index (Phi) is 5.10. The average Bonchev–Trinajstić information content (AvgIpc) is 2.48. The van der Waals surface area contributed by atoms with Crippen molar-refractivity contribution in [1.29, 1.82) is 0 Å². The minimum absolute atomic E-state index is 0.698. The number of carbonyl (C=O) groups excluding carboxylic acids is 1. The highest BCUT2D eigenvalue weighted by Gasteiger charge is 2.10. The number of benzene rings is 2. The molecule has 0 bridgehead atoms. The van der Waals surface area contributed by atoms with Gasteiger partial charge in [0.2, 0.25) is 0 Å². The van der Waals surface area contributed by atoms with Crippen LogP contribution in [-0.2, 0) is 0 Å². The van der Waals surface area contributed by atoms with Crippen LogP contribution in [0.5, 0.6) is 0 Å². The third-order valence-corrected chi connectivity index (χ3v) is 3.98. The maximum atomic E-state index is 10.8. The molecule has 5 heteroatoms. The van der Waals surface area contributed by atoms with Crippen molar-refractivity contribution in [2.24, 2.45) is 0 Å². The molecule has 0 heterocycles. The largest absolute Gasteiger partial charge is 0.305 e. The Bertz CT molecular complexity index is 619. The molecule has 0 fully saturated rings. The van der Waals surface area contributed by atoms with Crippen molar-refractivity contribution in [3.8, 4) is 11.1 Å². The molecule has 0 aliphatic carbocycles. The molecule has 0 unspecified atom stereocenters. The number of hydrogen-bond donors (Lipinski definition) is 0. The van der Waals surface area contributed by atoms with Gasteiger partial charge >= 0.3 is 0 Å². The first-order valence-corrected chi connectivity index (χ1v) is 7.04. The fraction of sp³-hybridized carbons (Fsp3) is 0.133. The van der Waals surface area contributed by atoms with Gasteiger partial charge in [-0.25, -0.2) is 0 Å². The van der Waals surface area contributed by atoms with Crippen molar-refractivity contribution in [3.05, 3.63) is 53.6 Å². The second kappa shape index (κ2) is 6.82. The van der Waals surface area contributed by atoms with Gasteiger partial charge in [-0.15, -0.1) is 0 Å². The third kappa shape index (κ3) is 3.35. The van der Waals surface area contributed by atoms with Gasteiger partial charge in [0.25, 0.3) is 0 Å². The standard InChI is InChI=1S/C15H14B2NOS/c1-11-9-12(10-19)7-8-13(11)14-5-3-4-6-15(14)20-18(2)17-16/h3-10H,1-2H3. The Labute approximate surface area is 126 Å². The molecule has 0 atom stereocenters. The first kappa shape index (κ1) is 14.9. The third-order valence-electron chi connectivity index (χ3n) is 3.02. The van der Waals surface area contributed by atoms with Gasteiger partial charge in [-0.05, 0) is 42.8 Å². The van der Waals surface area contributed by atoms with Gasteiger partial charge in [0, 0.05) is 18.2 Å². The molecule has 0 aliphatic rings. The minimum Gasteiger partial charge on any atom is -0.305 e. The van der Waals surface area contributed by atoms with E-state index in [1.807, 2.05) is 48.5 Å². The summed E-state index contributed by atoms with van der Waals surface area (Å²) in [5.74, 6) is 0. The monoisotopic (exact) mass is 278 g/mol. The maximum absolute atomic E-state index is 10.8. The molecule has 2 nitrogen and oxygen atoms in total. The summed E-state index contributed by atoms with van der Waals surface area (Å²) >= 11 is 1.57. The van der Waals surface area contributed by atoms with E-state index in [2.05, 4.69) is 12.1 Å². The summed E-state index contributed by atoms with van der Waals surface area (Å²) < 4.78 is 1.86. The van der Waals surface area contributed by atoms with E-state index >= 15 is 0 Å². The molecule has 0 aliphatic heterocycles. The number of aldehydes is 1. The Morgan fingerprint density at radius 1 is 1.20 bits per heavy atom. The Hall–Kier alpha value is -1.45. The minimum atomic E-state index is 0.698. The molecule has 0 N–H and O–H groups in total. The van der Waals surface area contributed by atoms with Gasteiger partial charge in [-0.2, -0.15) is 0 Å². The van der Waals surface area contributed by atoms with Crippen LogP contribution >= 0.6 is 11.9 Å². The molecular weight excluding hydrogens is 264 g/mol. The molecule has 2 rings (SSSR count). The summed E-state index contributed by atoms with van der Waals surface area (Å²) in [6.45, 7) is 2.02. The van der Waals surface area contributed by atoms with Crippen LogP contribution in [0, 0.1) is 6.92 Å². The molecule has 3 radical (unpaired) electrons. The van der Waals surface area contributed by atoms with Gasteiger partial charge in [-0.1, -0.05) is 42.3 Å². The quantitative estimate of drug-likeness (QED) is 0.476. The summed E-state index contributed by atoms with van der Waals surface area (Å²) in [6, 6.07) is 13.9. The van der Waals surface area contributed by atoms with E-state index in [0.29, 0.717) is 5.56 Å². The van der Waals surface area contributed by atoms with Gasteiger partial charge in [-0.3, -0.25) is 4.79 Å². The van der Waals surface area contributed by atoms with E-state index in [1.54, 1.807) is 11.9 Å². The van der Waals surface area contributed by atoms with Crippen molar-refractivity contribution >= 4 is 33.3 Å². The zero-order valence-corrected chi connectivity index (χ0v) is 12.4. The summed E-state index contributed by atoms with van der Waals surface area (Å²) in [5, 5.41) is 0. The van der Waals surface area contributed by atoms with Crippen LogP contribution in [0.25, 0.3) is 11.1 Å². The van der Waals surface area contributed by atoms with Crippen molar-refractivity contribution < 1.29 is 4.79 Å². The highest BCUT2D eigenvalue weighted by Crippen LogP contribution is 2.34. The maximum Gasteiger partial charge on any atom is 0.164 e. The van der Waals surface area contributed by atoms with Gasteiger partial charge in [0.15, 0.2) is 7.31 Å². The molecule has 0 aromatic heterocycles. The molecule has 0 amide bonds. The first-order valence-electron chi connectivity index (χ1n) is 6.27. The molecule has 0 spiro atoms. The average molecular weight is 278 g/mol. The van der Waals surface area contributed by atoms with Crippen molar-refractivity contribution in [2.75, 3.05) is 7.05 Å². The van der Waals surface area contributed by atoms with Crippen LogP contribution in [0.4, 0.5) is 0 Å². The van der Waals surface area contributed by atoms with Crippen LogP contribution in [0.1, 0.15) is 15.9 Å². The lowest BCUT2D eigenvalue weighted by atomic mass is 9.67. The smallest absolute Gasteiger partial charge is 0.164 e. The summed E-state index contributed by atoms with van der Waals surface area (Å²) in [5.41, 5.74) is 4.05. The van der Waals surface area contributed by atoms with Crippen molar-refractivity contribution in [3.63, 3.8) is 0 Å². The van der Waals surface area contributed by atoms with E-state index in [1.165, 1.54) is 7.31 Å². The fourth-order valence-corrected chi connectivity index (χ4v) is 2.80. The van der Waals surface area contributed by atoms with E-state index in [0.717, 1.165) is 27.9 Å². The zero-order chi connectivity index (χ0) is 14.5. The SMILES string of the molecule is [B][B]N(C)Sc1ccccc1-c1ccc(C=O)cc1C. The van der Waals surface area contributed by atoms with Gasteiger partial charge in [0.05, 0.1) is 0 Å². The van der Waals surface area contributed by atoms with E-state index in [9.17, 15) is 4.79 Å². The molecule has 20 heavy (non-hydrogen) atoms. The number of rotatable bonds is 5. The Balaban J connectivity index is 2.44. The molecule has 0 saturated carbocycles. The summed E-state index contributed by atoms with van der Waals surface area (Å²) in [6.07, 6.45) is 0.870. The highest BCUT2D eigenvalue weighted by molar-refractivity contribution is 7.98. The van der Waals surface area contributed by atoms with Crippen LogP contribution in [0.2, 0.25) is 0 Å². The lowest BCUT2D eigenvalue weighted by molar-refractivity contribution is 0.112. The second-order valence-corrected chi connectivity index (χ2v) is 5.67. The normalized spacial score (nSPS) is 10.6. The number of carbonyl (C=O) groups is 1. The van der Waals surface area contributed by atoms with E-state index < -0.39 is 0 Å². The van der Waals surface area contributed by atoms with Crippen LogP contribution in [0.3, 0.4) is 0 Å². The molecular formula is C15H14B2NOS. The lowest BCUT2D eigenvalue weighted by Gasteiger charge is -2.17. The van der Waals surface area contributed by atoms with E-state index in [4.69, 9.17) is 7.74 Å².